The van der Waals surface area contributed by atoms with Gasteiger partial charge < -0.3 is 91.5 Å². The number of phenolic OH excluding ortho intramolecular Hbond substituents is 17. The van der Waals surface area contributed by atoms with Crippen LogP contribution in [0.5, 0.6) is 103 Å². The fraction of sp³-hybridized carbons (Fsp3) is 0.143. The smallest absolute Gasteiger partial charge is 0.135 e. The van der Waals surface area contributed by atoms with E-state index in [-0.39, 0.29) is 125 Å². The molecule has 0 radical (unpaired) electrons. The van der Waals surface area contributed by atoms with Crippen LogP contribution >= 0.6 is 0 Å². The Labute approximate surface area is 581 Å². The first-order valence-electron chi connectivity index (χ1n) is 33.2. The summed E-state index contributed by atoms with van der Waals surface area (Å²) in [5, 5.41) is 206. The molecule has 12 aromatic carbocycles. The molecule has 0 fully saturated rings. The van der Waals surface area contributed by atoms with E-state index in [4.69, 9.17) is 4.74 Å². The third-order valence-corrected chi connectivity index (χ3v) is 22.0. The molecule has 17 N–H and O–H groups in total. The fourth-order valence-electron chi connectivity index (χ4n) is 18.6. The molecule has 4 aliphatic carbocycles. The first-order chi connectivity index (χ1) is 49.1. The van der Waals surface area contributed by atoms with E-state index in [9.17, 15) is 81.7 Å². The molecule has 0 saturated heterocycles. The lowest BCUT2D eigenvalue weighted by molar-refractivity contribution is 0.218. The van der Waals surface area contributed by atoms with Gasteiger partial charge in [0.25, 0.3) is 0 Å². The van der Waals surface area contributed by atoms with Crippen LogP contribution < -0.4 is 4.74 Å². The van der Waals surface area contributed by atoms with Crippen molar-refractivity contribution < 1.29 is 91.5 Å². The SMILES string of the molecule is Oc1ccc(C(c2c(O)c3c4c5c2O[C@H](c2ccc(O)cc2)[C@H]5c2cc(O)cc(O)c2[C@H](c2ccc(O)cc2)[C@@H]4[C@@H](c2ccc(O)cc2)[C@@H]3c2cc(O)cc(O)c2)[C@@H]2c3cc(O)cc(O)c3[C@H](c3ccc(O)cc3)[C@H]3c4c2c(O)cc(O)c4[C@H](c2cc(O)cc(O)c2)[C@H]3c2ccc(O)cc2)cc1. The minimum absolute atomic E-state index is 0.0172. The van der Waals surface area contributed by atoms with E-state index in [0.29, 0.717) is 55.6 Å². The topological polar surface area (TPSA) is 353 Å². The molecule has 12 aromatic rings. The lowest BCUT2D eigenvalue weighted by atomic mass is 9.68. The van der Waals surface area contributed by atoms with Gasteiger partial charge >= 0.3 is 0 Å². The number of hydrogen-bond acceptors (Lipinski definition) is 18. The van der Waals surface area contributed by atoms with E-state index in [1.165, 1.54) is 121 Å². The normalized spacial score (nSPS) is 21.9. The van der Waals surface area contributed by atoms with Gasteiger partial charge in [-0.25, -0.2) is 0 Å². The van der Waals surface area contributed by atoms with Gasteiger partial charge in [-0.2, -0.15) is 0 Å². The second-order valence-corrected chi connectivity index (χ2v) is 27.5. The second-order valence-electron chi connectivity index (χ2n) is 27.5. The number of fused-ring (bicyclic) bond motifs is 3. The first-order valence-corrected chi connectivity index (χ1v) is 33.2. The maximum Gasteiger partial charge on any atom is 0.135 e. The molecule has 17 rings (SSSR count). The van der Waals surface area contributed by atoms with Gasteiger partial charge in [0.15, 0.2) is 0 Å². The Morgan fingerprint density at radius 2 is 0.578 bits per heavy atom. The molecule has 12 atom stereocenters. The van der Waals surface area contributed by atoms with Gasteiger partial charge in [-0.15, -0.1) is 0 Å². The second kappa shape index (κ2) is 23.1. The molecular formula is C84H64O18. The molecule has 1 heterocycles. The summed E-state index contributed by atoms with van der Waals surface area (Å²) in [4.78, 5) is 0. The maximum atomic E-state index is 15.1. The molecule has 5 aliphatic rings. The van der Waals surface area contributed by atoms with Crippen molar-refractivity contribution in [2.24, 2.45) is 0 Å². The van der Waals surface area contributed by atoms with E-state index in [0.717, 1.165) is 12.1 Å². The van der Waals surface area contributed by atoms with Crippen molar-refractivity contribution in [1.82, 2.24) is 0 Å². The predicted octanol–water partition coefficient (Wildman–Crippen LogP) is 15.2. The quantitative estimate of drug-likeness (QED) is 0.0605. The number of aromatic hydroxyl groups is 17. The van der Waals surface area contributed by atoms with Crippen LogP contribution in [0, 0.1) is 0 Å². The Hall–Kier alpha value is -13.0. The Morgan fingerprint density at radius 3 is 1.03 bits per heavy atom. The highest BCUT2D eigenvalue weighted by molar-refractivity contribution is 5.79. The Bertz CT molecular complexity index is 5370. The molecule has 1 aliphatic heterocycles. The summed E-state index contributed by atoms with van der Waals surface area (Å²) in [6, 6.07) is 52.5. The van der Waals surface area contributed by atoms with Crippen LogP contribution in [-0.2, 0) is 0 Å². The summed E-state index contributed by atoms with van der Waals surface area (Å²) in [6.07, 6.45) is -1.20. The van der Waals surface area contributed by atoms with E-state index in [1.807, 2.05) is 0 Å². The molecule has 0 aromatic heterocycles. The zero-order valence-corrected chi connectivity index (χ0v) is 53.6. The van der Waals surface area contributed by atoms with Crippen molar-refractivity contribution >= 4 is 0 Å². The molecule has 0 saturated carbocycles. The highest BCUT2D eigenvalue weighted by atomic mass is 16.5. The van der Waals surface area contributed by atoms with E-state index in [1.54, 1.807) is 78.9 Å². The van der Waals surface area contributed by atoms with Gasteiger partial charge in [-0.1, -0.05) is 72.8 Å². The van der Waals surface area contributed by atoms with Crippen LogP contribution in [0.4, 0.5) is 0 Å². The fourth-order valence-corrected chi connectivity index (χ4v) is 18.6. The van der Waals surface area contributed by atoms with E-state index < -0.39 is 99.9 Å². The summed E-state index contributed by atoms with van der Waals surface area (Å²) in [5.74, 6) is -17.5. The molecule has 0 bridgehead atoms. The lowest BCUT2D eigenvalue weighted by Gasteiger charge is -2.35. The number of hydrogen-bond donors (Lipinski definition) is 17. The largest absolute Gasteiger partial charge is 0.508 e. The van der Waals surface area contributed by atoms with Gasteiger partial charge in [0.2, 0.25) is 0 Å². The van der Waals surface area contributed by atoms with Gasteiger partial charge in [0, 0.05) is 128 Å². The molecule has 0 spiro atoms. The Kier molecular flexibility index (Phi) is 14.1. The zero-order valence-electron chi connectivity index (χ0n) is 53.6. The molecule has 18 heteroatoms. The van der Waals surface area contributed by atoms with Gasteiger partial charge in [0.1, 0.15) is 110 Å². The van der Waals surface area contributed by atoms with Crippen molar-refractivity contribution in [3.05, 3.63) is 318 Å². The lowest BCUT2D eigenvalue weighted by Crippen LogP contribution is -2.20. The van der Waals surface area contributed by atoms with Crippen molar-refractivity contribution in [1.29, 1.82) is 0 Å². The minimum Gasteiger partial charge on any atom is -0.508 e. The standard InChI is InChI=1S/C84H64O18/c85-44-13-1-36(2-14-44)62-67(42-25-50(91)29-51(92)26-42)73-60(99)35-61(100)74-71(56-31-54(95)33-58(97)69(56)64(75(62)77(73)74)38-5-17-46(87)18-6-38)66(40-9-21-48(89)22-10-40)81-82(101)79-68(43-27-52(93)30-53(94)28-43)63(37-3-15-45(86)16-4-37)76-65(39-7-19-47(88)20-8-39)70-57(32-55(96)34-59(70)98)72-80(78(76)79)84(81)102-83(72)41-11-23-49(90)24-12-41/h1-35,62-68,71-72,75-76,83,85-101H/t62-,63+,64+,65+,66?,67-,68+,71+,72+,75+,76+,83-/m1/s1. The summed E-state index contributed by atoms with van der Waals surface area (Å²) >= 11 is 0. The van der Waals surface area contributed by atoms with Gasteiger partial charge in [-0.3, -0.25) is 0 Å². The minimum atomic E-state index is -1.52. The van der Waals surface area contributed by atoms with Crippen LogP contribution in [0.1, 0.15) is 177 Å². The van der Waals surface area contributed by atoms with E-state index >= 15 is 5.11 Å². The average Bonchev–Trinajstić information content (AvgIpc) is 1.51. The van der Waals surface area contributed by atoms with Crippen molar-refractivity contribution in [2.75, 3.05) is 0 Å². The highest BCUT2D eigenvalue weighted by Gasteiger charge is 2.60. The number of rotatable bonds is 10. The Morgan fingerprint density at radius 1 is 0.235 bits per heavy atom. The maximum absolute atomic E-state index is 15.1. The number of benzene rings is 12. The molecule has 102 heavy (non-hydrogen) atoms. The van der Waals surface area contributed by atoms with Crippen LogP contribution in [0.3, 0.4) is 0 Å². The van der Waals surface area contributed by atoms with Crippen molar-refractivity contribution in [3.8, 4) is 103 Å². The van der Waals surface area contributed by atoms with Crippen molar-refractivity contribution in [2.45, 2.75) is 71.2 Å². The predicted molar refractivity (Wildman–Crippen MR) is 373 cm³/mol. The third kappa shape index (κ3) is 9.60. The summed E-state index contributed by atoms with van der Waals surface area (Å²) in [7, 11) is 0. The summed E-state index contributed by atoms with van der Waals surface area (Å²) in [6.45, 7) is 0. The van der Waals surface area contributed by atoms with E-state index in [2.05, 4.69) is 0 Å². The molecule has 1 unspecified atom stereocenters. The van der Waals surface area contributed by atoms with Gasteiger partial charge in [-0.05, 0) is 176 Å². The van der Waals surface area contributed by atoms with Crippen LogP contribution in [0.2, 0.25) is 0 Å². The van der Waals surface area contributed by atoms with Crippen molar-refractivity contribution in [3.63, 3.8) is 0 Å². The van der Waals surface area contributed by atoms with Crippen LogP contribution in [0.15, 0.2) is 212 Å². The molecule has 508 valence electrons. The van der Waals surface area contributed by atoms with Gasteiger partial charge in [0.05, 0.1) is 5.92 Å². The first kappa shape index (κ1) is 62.6. The summed E-state index contributed by atoms with van der Waals surface area (Å²) in [5.41, 5.74) is 5.90. The molecular weight excluding hydrogens is 1300 g/mol. The summed E-state index contributed by atoms with van der Waals surface area (Å²) < 4.78 is 7.75. The molecule has 0 amide bonds. The molecule has 18 nitrogen and oxygen atoms in total. The zero-order chi connectivity index (χ0) is 70.7. The highest BCUT2D eigenvalue weighted by Crippen LogP contribution is 2.75. The third-order valence-electron chi connectivity index (χ3n) is 22.0. The average molecular weight is 1360 g/mol. The number of ether oxygens (including phenoxy) is 1. The van der Waals surface area contributed by atoms with Crippen LogP contribution in [0.25, 0.3) is 0 Å². The number of phenols is 17. The van der Waals surface area contributed by atoms with Crippen LogP contribution in [-0.4, -0.2) is 86.8 Å². The monoisotopic (exact) mass is 1360 g/mol. The Balaban J connectivity index is 1.08.